The SMILES string of the molecule is O=C(Cn1c2c(sc1=O)C(c1ccc(Br)cc1)C1C(=O)N(c3ccc(F)cc3)C(=O)C1S2)Nc1ccc(O)cc1. The van der Waals surface area contributed by atoms with E-state index >= 15 is 0 Å². The van der Waals surface area contributed by atoms with Gasteiger partial charge in [0.15, 0.2) is 0 Å². The third-order valence-corrected chi connectivity index (χ3v) is 9.95. The Balaban J connectivity index is 1.40. The van der Waals surface area contributed by atoms with E-state index in [0.717, 1.165) is 38.0 Å². The van der Waals surface area contributed by atoms with Gasteiger partial charge in [0.05, 0.1) is 16.6 Å². The number of hydrogen-bond acceptors (Lipinski definition) is 7. The normalized spacial score (nSPS) is 19.9. The standard InChI is InChI=1S/C28H19BrFN3O5S2/c29-15-3-1-14(2-4-15)21-22-23(26(37)33(25(22)36)18-9-5-16(30)6-10-18)39-27-24(21)40-28(38)32(27)13-20(35)31-17-7-11-19(34)12-8-17/h1-12,21-23,34H,13H2,(H,31,35). The van der Waals surface area contributed by atoms with Crippen molar-refractivity contribution in [1.29, 1.82) is 0 Å². The zero-order valence-electron chi connectivity index (χ0n) is 20.4. The lowest BCUT2D eigenvalue weighted by molar-refractivity contribution is -0.122. The second-order valence-electron chi connectivity index (χ2n) is 9.30. The molecule has 2 N–H and O–H groups in total. The Morgan fingerprint density at radius 3 is 2.30 bits per heavy atom. The van der Waals surface area contributed by atoms with Crippen molar-refractivity contribution in [3.05, 3.63) is 103 Å². The number of aromatic nitrogens is 1. The highest BCUT2D eigenvalue weighted by molar-refractivity contribution is 9.10. The maximum Gasteiger partial charge on any atom is 0.308 e. The molecule has 8 nitrogen and oxygen atoms in total. The van der Waals surface area contributed by atoms with Gasteiger partial charge in [-0.1, -0.05) is 51.2 Å². The molecule has 12 heteroatoms. The molecule has 2 aliphatic heterocycles. The molecule has 0 aliphatic carbocycles. The summed E-state index contributed by atoms with van der Waals surface area (Å²) >= 11 is 5.49. The molecule has 0 radical (unpaired) electrons. The van der Waals surface area contributed by atoms with Crippen LogP contribution in [0.3, 0.4) is 0 Å². The van der Waals surface area contributed by atoms with Gasteiger partial charge in [-0.3, -0.25) is 23.7 Å². The van der Waals surface area contributed by atoms with Gasteiger partial charge in [0, 0.05) is 21.0 Å². The van der Waals surface area contributed by atoms with Crippen LogP contribution < -0.4 is 15.1 Å². The van der Waals surface area contributed by atoms with Gasteiger partial charge in [0.2, 0.25) is 17.7 Å². The Morgan fingerprint density at radius 2 is 1.62 bits per heavy atom. The van der Waals surface area contributed by atoms with Gasteiger partial charge in [-0.2, -0.15) is 0 Å². The Morgan fingerprint density at radius 1 is 0.950 bits per heavy atom. The van der Waals surface area contributed by atoms with Crippen LogP contribution in [0.4, 0.5) is 15.8 Å². The number of hydrogen-bond donors (Lipinski definition) is 2. The number of nitrogens with one attached hydrogen (secondary N) is 1. The van der Waals surface area contributed by atoms with Crippen LogP contribution in [-0.4, -0.2) is 32.6 Å². The Hall–Kier alpha value is -3.74. The lowest BCUT2D eigenvalue weighted by atomic mass is 9.83. The number of anilines is 2. The second kappa shape index (κ2) is 10.3. The number of rotatable bonds is 5. The largest absolute Gasteiger partial charge is 0.508 e. The molecule has 3 unspecified atom stereocenters. The molecule has 0 bridgehead atoms. The highest BCUT2D eigenvalue weighted by Crippen LogP contribution is 2.53. The molecule has 0 saturated carbocycles. The van der Waals surface area contributed by atoms with E-state index in [1.165, 1.54) is 53.1 Å². The molecule has 3 aromatic carbocycles. The number of thioether (sulfide) groups is 1. The molecule has 3 atom stereocenters. The van der Waals surface area contributed by atoms with Crippen LogP contribution in [-0.2, 0) is 20.9 Å². The summed E-state index contributed by atoms with van der Waals surface area (Å²) < 4.78 is 15.8. The van der Waals surface area contributed by atoms with E-state index in [1.807, 2.05) is 24.3 Å². The van der Waals surface area contributed by atoms with E-state index in [2.05, 4.69) is 21.2 Å². The summed E-state index contributed by atoms with van der Waals surface area (Å²) in [4.78, 5) is 54.9. The van der Waals surface area contributed by atoms with Gasteiger partial charge >= 0.3 is 4.87 Å². The molecule has 4 aromatic rings. The number of fused-ring (bicyclic) bond motifs is 2. The predicted octanol–water partition coefficient (Wildman–Crippen LogP) is 4.95. The Bertz CT molecular complexity index is 1700. The number of thiazole rings is 1. The average Bonchev–Trinajstić information content (AvgIpc) is 3.37. The summed E-state index contributed by atoms with van der Waals surface area (Å²) in [5, 5.41) is 11.8. The maximum atomic E-state index is 13.8. The van der Waals surface area contributed by atoms with Crippen molar-refractivity contribution < 1.29 is 23.9 Å². The fourth-order valence-electron chi connectivity index (χ4n) is 5.02. The van der Waals surface area contributed by atoms with Crippen molar-refractivity contribution in [2.45, 2.75) is 22.7 Å². The first kappa shape index (κ1) is 26.5. The maximum absolute atomic E-state index is 13.8. The number of imide groups is 1. The molecule has 40 heavy (non-hydrogen) atoms. The van der Waals surface area contributed by atoms with Crippen molar-refractivity contribution in [2.75, 3.05) is 10.2 Å². The second-order valence-corrected chi connectivity index (χ2v) is 12.3. The van der Waals surface area contributed by atoms with Crippen LogP contribution in [0.2, 0.25) is 0 Å². The summed E-state index contributed by atoms with van der Waals surface area (Å²) in [6.07, 6.45) is 0. The van der Waals surface area contributed by atoms with Gasteiger partial charge in [0.1, 0.15) is 23.4 Å². The molecule has 1 saturated heterocycles. The van der Waals surface area contributed by atoms with Crippen molar-refractivity contribution >= 4 is 68.1 Å². The zero-order chi connectivity index (χ0) is 28.1. The summed E-state index contributed by atoms with van der Waals surface area (Å²) in [6, 6.07) is 18.4. The van der Waals surface area contributed by atoms with Gasteiger partial charge in [-0.25, -0.2) is 9.29 Å². The first-order chi connectivity index (χ1) is 19.2. The molecule has 202 valence electrons. The van der Waals surface area contributed by atoms with Crippen LogP contribution in [0, 0.1) is 11.7 Å². The molecule has 0 spiro atoms. The van der Waals surface area contributed by atoms with E-state index in [9.17, 15) is 28.7 Å². The Labute approximate surface area is 243 Å². The third kappa shape index (κ3) is 4.65. The third-order valence-electron chi connectivity index (χ3n) is 6.82. The number of carbonyl (C=O) groups excluding carboxylic acids is 3. The molecule has 3 heterocycles. The molecule has 1 fully saturated rings. The van der Waals surface area contributed by atoms with E-state index in [1.54, 1.807) is 0 Å². The minimum Gasteiger partial charge on any atom is -0.508 e. The van der Waals surface area contributed by atoms with Crippen LogP contribution in [0.25, 0.3) is 0 Å². The minimum absolute atomic E-state index is 0.0523. The molecule has 2 aliphatic rings. The summed E-state index contributed by atoms with van der Waals surface area (Å²) in [7, 11) is 0. The van der Waals surface area contributed by atoms with Crippen molar-refractivity contribution in [3.8, 4) is 5.75 Å². The highest BCUT2D eigenvalue weighted by atomic mass is 79.9. The van der Waals surface area contributed by atoms with Crippen molar-refractivity contribution in [1.82, 2.24) is 4.57 Å². The number of nitrogens with zero attached hydrogens (tertiary/aromatic N) is 2. The van der Waals surface area contributed by atoms with Gasteiger partial charge < -0.3 is 10.4 Å². The molecule has 3 amide bonds. The molecular weight excluding hydrogens is 621 g/mol. The fourth-order valence-corrected chi connectivity index (χ4v) is 8.06. The molecule has 1 aromatic heterocycles. The first-order valence-electron chi connectivity index (χ1n) is 12.1. The van der Waals surface area contributed by atoms with E-state index in [-0.39, 0.29) is 22.9 Å². The number of benzene rings is 3. The quantitative estimate of drug-likeness (QED) is 0.236. The highest BCUT2D eigenvalue weighted by Gasteiger charge is 2.56. The smallest absolute Gasteiger partial charge is 0.308 e. The topological polar surface area (TPSA) is 109 Å². The number of amides is 3. The minimum atomic E-state index is -0.848. The van der Waals surface area contributed by atoms with Crippen LogP contribution in [0.5, 0.6) is 5.75 Å². The molecular formula is C28H19BrFN3O5S2. The van der Waals surface area contributed by atoms with Gasteiger partial charge in [-0.05, 0) is 66.2 Å². The summed E-state index contributed by atoms with van der Waals surface area (Å²) in [5.41, 5.74) is 1.48. The van der Waals surface area contributed by atoms with Crippen LogP contribution >= 0.6 is 39.0 Å². The number of phenols is 1. The number of halogens is 2. The number of carbonyl (C=O) groups is 3. The zero-order valence-corrected chi connectivity index (χ0v) is 23.6. The number of phenolic OH excluding ortho intramolecular Hbond substituents is 1. The van der Waals surface area contributed by atoms with Gasteiger partial charge in [-0.15, -0.1) is 0 Å². The van der Waals surface area contributed by atoms with E-state index in [4.69, 9.17) is 0 Å². The first-order valence-corrected chi connectivity index (χ1v) is 14.6. The average molecular weight is 641 g/mol. The van der Waals surface area contributed by atoms with Crippen molar-refractivity contribution in [2.24, 2.45) is 5.92 Å². The van der Waals surface area contributed by atoms with Crippen molar-refractivity contribution in [3.63, 3.8) is 0 Å². The van der Waals surface area contributed by atoms with E-state index < -0.39 is 40.6 Å². The summed E-state index contributed by atoms with van der Waals surface area (Å²) in [5.74, 6) is -3.18. The lowest BCUT2D eigenvalue weighted by Gasteiger charge is -2.30. The number of aromatic hydroxyl groups is 1. The monoisotopic (exact) mass is 639 g/mol. The van der Waals surface area contributed by atoms with E-state index in [0.29, 0.717) is 15.6 Å². The molecule has 6 rings (SSSR count). The Kier molecular flexibility index (Phi) is 6.85. The van der Waals surface area contributed by atoms with Crippen LogP contribution in [0.15, 0.2) is 87.1 Å². The summed E-state index contributed by atoms with van der Waals surface area (Å²) in [6.45, 7) is -0.299. The van der Waals surface area contributed by atoms with Crippen LogP contribution in [0.1, 0.15) is 16.4 Å². The van der Waals surface area contributed by atoms with Gasteiger partial charge in [0.25, 0.3) is 0 Å². The predicted molar refractivity (Wildman–Crippen MR) is 153 cm³/mol. The lowest BCUT2D eigenvalue weighted by Crippen LogP contribution is -2.33. The fraction of sp³-hybridized carbons (Fsp3) is 0.143.